The second-order valence-electron chi connectivity index (χ2n) is 5.61. The van der Waals surface area contributed by atoms with E-state index in [9.17, 15) is 4.39 Å². The standard InChI is InChI=1S/C17H27BrFN/c1-2-3-4-5-6-7-8-9-16(20)13-14-12-15(18)10-11-17(14)19/h10-12,16H,2-9,13,20H2,1H3. The van der Waals surface area contributed by atoms with Gasteiger partial charge in [0, 0.05) is 10.5 Å². The second-order valence-corrected chi connectivity index (χ2v) is 6.53. The predicted octanol–water partition coefficient (Wildman–Crippen LogP) is 5.60. The molecule has 0 bridgehead atoms. The average molecular weight is 344 g/mol. The minimum Gasteiger partial charge on any atom is -0.327 e. The summed E-state index contributed by atoms with van der Waals surface area (Å²) in [5.41, 5.74) is 6.82. The molecule has 1 aromatic carbocycles. The first-order chi connectivity index (χ1) is 9.63. The van der Waals surface area contributed by atoms with Gasteiger partial charge in [-0.2, -0.15) is 0 Å². The molecule has 1 atom stereocenters. The van der Waals surface area contributed by atoms with Crippen LogP contribution in [0.1, 0.15) is 63.9 Å². The Morgan fingerprint density at radius 2 is 1.75 bits per heavy atom. The van der Waals surface area contributed by atoms with Crippen molar-refractivity contribution in [1.82, 2.24) is 0 Å². The lowest BCUT2D eigenvalue weighted by atomic mass is 10.00. The molecule has 1 unspecified atom stereocenters. The van der Waals surface area contributed by atoms with E-state index in [4.69, 9.17) is 5.73 Å². The Morgan fingerprint density at radius 3 is 2.45 bits per heavy atom. The Bertz CT molecular complexity index is 381. The maximum atomic E-state index is 13.6. The summed E-state index contributed by atoms with van der Waals surface area (Å²) >= 11 is 3.37. The molecule has 0 aliphatic heterocycles. The van der Waals surface area contributed by atoms with Gasteiger partial charge in [0.2, 0.25) is 0 Å². The summed E-state index contributed by atoms with van der Waals surface area (Å²) in [7, 11) is 0. The zero-order valence-corrected chi connectivity index (χ0v) is 14.1. The first-order valence-corrected chi connectivity index (χ1v) is 8.62. The van der Waals surface area contributed by atoms with Gasteiger partial charge in [0.25, 0.3) is 0 Å². The predicted molar refractivity (Wildman–Crippen MR) is 88.4 cm³/mol. The van der Waals surface area contributed by atoms with Crippen LogP contribution >= 0.6 is 15.9 Å². The smallest absolute Gasteiger partial charge is 0.126 e. The molecule has 0 saturated heterocycles. The fraction of sp³-hybridized carbons (Fsp3) is 0.647. The maximum Gasteiger partial charge on any atom is 0.126 e. The summed E-state index contributed by atoms with van der Waals surface area (Å²) in [5.74, 6) is -0.150. The molecule has 0 aliphatic carbocycles. The Balaban J connectivity index is 2.17. The molecule has 0 radical (unpaired) electrons. The van der Waals surface area contributed by atoms with E-state index in [0.717, 1.165) is 22.9 Å². The molecular formula is C17H27BrFN. The highest BCUT2D eigenvalue weighted by molar-refractivity contribution is 9.10. The van der Waals surface area contributed by atoms with Crippen LogP contribution in [0.15, 0.2) is 22.7 Å². The van der Waals surface area contributed by atoms with E-state index in [0.29, 0.717) is 6.42 Å². The largest absolute Gasteiger partial charge is 0.327 e. The second kappa shape index (κ2) is 10.3. The molecule has 1 rings (SSSR count). The Hall–Kier alpha value is -0.410. The van der Waals surface area contributed by atoms with Crippen molar-refractivity contribution in [3.8, 4) is 0 Å². The van der Waals surface area contributed by atoms with Crippen LogP contribution < -0.4 is 5.73 Å². The summed E-state index contributed by atoms with van der Waals surface area (Å²) in [5, 5.41) is 0. The molecule has 0 heterocycles. The highest BCUT2D eigenvalue weighted by Gasteiger charge is 2.08. The molecule has 0 amide bonds. The van der Waals surface area contributed by atoms with Crippen LogP contribution in [0.2, 0.25) is 0 Å². The van der Waals surface area contributed by atoms with E-state index >= 15 is 0 Å². The normalized spacial score (nSPS) is 12.6. The van der Waals surface area contributed by atoms with E-state index in [2.05, 4.69) is 22.9 Å². The van der Waals surface area contributed by atoms with Crippen LogP contribution in [0, 0.1) is 5.82 Å². The fourth-order valence-electron chi connectivity index (χ4n) is 2.45. The van der Waals surface area contributed by atoms with Crippen LogP contribution in [0.5, 0.6) is 0 Å². The first-order valence-electron chi connectivity index (χ1n) is 7.83. The van der Waals surface area contributed by atoms with Gasteiger partial charge in [0.1, 0.15) is 5.82 Å². The van der Waals surface area contributed by atoms with E-state index in [1.165, 1.54) is 44.6 Å². The van der Waals surface area contributed by atoms with Crippen molar-refractivity contribution in [3.63, 3.8) is 0 Å². The van der Waals surface area contributed by atoms with Gasteiger partial charge in [0.15, 0.2) is 0 Å². The summed E-state index contributed by atoms with van der Waals surface area (Å²) < 4.78 is 14.5. The maximum absolute atomic E-state index is 13.6. The molecule has 2 N–H and O–H groups in total. The molecule has 0 aromatic heterocycles. The number of rotatable bonds is 10. The zero-order chi connectivity index (χ0) is 14.8. The van der Waals surface area contributed by atoms with Crippen molar-refractivity contribution in [2.24, 2.45) is 5.73 Å². The van der Waals surface area contributed by atoms with Crippen LogP contribution in [-0.4, -0.2) is 6.04 Å². The molecule has 0 aliphatic rings. The molecule has 3 heteroatoms. The van der Waals surface area contributed by atoms with E-state index in [1.54, 1.807) is 6.07 Å². The number of nitrogens with two attached hydrogens (primary N) is 1. The third-order valence-electron chi connectivity index (χ3n) is 3.67. The van der Waals surface area contributed by atoms with E-state index < -0.39 is 0 Å². The van der Waals surface area contributed by atoms with Crippen LogP contribution in [0.25, 0.3) is 0 Å². The van der Waals surface area contributed by atoms with Gasteiger partial charge in [-0.15, -0.1) is 0 Å². The molecule has 0 spiro atoms. The molecule has 20 heavy (non-hydrogen) atoms. The van der Waals surface area contributed by atoms with Crippen molar-refractivity contribution >= 4 is 15.9 Å². The fourth-order valence-corrected chi connectivity index (χ4v) is 2.86. The Kier molecular flexibility index (Phi) is 9.12. The van der Waals surface area contributed by atoms with Gasteiger partial charge >= 0.3 is 0 Å². The van der Waals surface area contributed by atoms with Crippen molar-refractivity contribution < 1.29 is 4.39 Å². The molecule has 0 saturated carbocycles. The number of hydrogen-bond acceptors (Lipinski definition) is 1. The zero-order valence-electron chi connectivity index (χ0n) is 12.5. The lowest BCUT2D eigenvalue weighted by Gasteiger charge is -2.12. The van der Waals surface area contributed by atoms with E-state index in [-0.39, 0.29) is 11.9 Å². The minimum atomic E-state index is -0.150. The van der Waals surface area contributed by atoms with Crippen LogP contribution in [-0.2, 0) is 6.42 Å². The third-order valence-corrected chi connectivity index (χ3v) is 4.16. The van der Waals surface area contributed by atoms with Crippen molar-refractivity contribution in [3.05, 3.63) is 34.1 Å². The van der Waals surface area contributed by atoms with Crippen molar-refractivity contribution in [2.75, 3.05) is 0 Å². The molecule has 0 fully saturated rings. The van der Waals surface area contributed by atoms with Crippen LogP contribution in [0.4, 0.5) is 4.39 Å². The average Bonchev–Trinajstić information content (AvgIpc) is 2.42. The summed E-state index contributed by atoms with van der Waals surface area (Å²) in [6.07, 6.45) is 10.7. The quantitative estimate of drug-likeness (QED) is 0.550. The number of benzene rings is 1. The first kappa shape index (κ1) is 17.6. The summed E-state index contributed by atoms with van der Waals surface area (Å²) in [6, 6.07) is 5.12. The highest BCUT2D eigenvalue weighted by Crippen LogP contribution is 2.18. The number of unbranched alkanes of at least 4 members (excludes halogenated alkanes) is 6. The Labute approximate surface area is 131 Å². The molecule has 1 aromatic rings. The monoisotopic (exact) mass is 343 g/mol. The van der Waals surface area contributed by atoms with Crippen molar-refractivity contribution in [1.29, 1.82) is 0 Å². The third kappa shape index (κ3) is 7.39. The van der Waals surface area contributed by atoms with Gasteiger partial charge < -0.3 is 5.73 Å². The SMILES string of the molecule is CCCCCCCCCC(N)Cc1cc(Br)ccc1F. The molecule has 1 nitrogen and oxygen atoms in total. The van der Waals surface area contributed by atoms with Gasteiger partial charge in [0.05, 0.1) is 0 Å². The lowest BCUT2D eigenvalue weighted by Crippen LogP contribution is -2.23. The van der Waals surface area contributed by atoms with Crippen molar-refractivity contribution in [2.45, 2.75) is 70.8 Å². The summed E-state index contributed by atoms with van der Waals surface area (Å²) in [4.78, 5) is 0. The number of hydrogen-bond donors (Lipinski definition) is 1. The van der Waals surface area contributed by atoms with Crippen LogP contribution in [0.3, 0.4) is 0 Å². The lowest BCUT2D eigenvalue weighted by molar-refractivity contribution is 0.518. The van der Waals surface area contributed by atoms with Gasteiger partial charge in [-0.1, -0.05) is 67.8 Å². The molecule has 114 valence electrons. The highest BCUT2D eigenvalue weighted by atomic mass is 79.9. The van der Waals surface area contributed by atoms with Gasteiger partial charge in [-0.3, -0.25) is 0 Å². The minimum absolute atomic E-state index is 0.0643. The Morgan fingerprint density at radius 1 is 1.10 bits per heavy atom. The van der Waals surface area contributed by atoms with E-state index in [1.807, 2.05) is 6.07 Å². The molecular weight excluding hydrogens is 317 g/mol. The summed E-state index contributed by atoms with van der Waals surface area (Å²) in [6.45, 7) is 2.24. The number of halogens is 2. The topological polar surface area (TPSA) is 26.0 Å². The van der Waals surface area contributed by atoms with Gasteiger partial charge in [-0.25, -0.2) is 4.39 Å². The van der Waals surface area contributed by atoms with Gasteiger partial charge in [-0.05, 0) is 36.6 Å².